The van der Waals surface area contributed by atoms with Crippen LogP contribution in [0.5, 0.6) is 0 Å². The van der Waals surface area contributed by atoms with Gasteiger partial charge in [0.05, 0.1) is 22.1 Å². The van der Waals surface area contributed by atoms with E-state index in [9.17, 15) is 0 Å². The van der Waals surface area contributed by atoms with Crippen molar-refractivity contribution in [3.05, 3.63) is 338 Å². The first-order chi connectivity index (χ1) is 39.2. The Bertz CT molecular complexity index is 4530. The van der Waals surface area contributed by atoms with Crippen LogP contribution >= 0.6 is 0 Å². The molecule has 0 bridgehead atoms. The molecule has 15 rings (SSSR count). The van der Waals surface area contributed by atoms with Gasteiger partial charge in [0.1, 0.15) is 0 Å². The Labute approximate surface area is 461 Å². The third-order valence-corrected chi connectivity index (χ3v) is 16.5. The van der Waals surface area contributed by atoms with E-state index in [2.05, 4.69) is 325 Å². The second-order valence-corrected chi connectivity index (χ2v) is 20.7. The van der Waals surface area contributed by atoms with Crippen LogP contribution in [0.4, 0.5) is 17.1 Å². The molecule has 0 unspecified atom stereocenters. The fourth-order valence-electron chi connectivity index (χ4n) is 13.1. The predicted octanol–water partition coefficient (Wildman–Crippen LogP) is 20.4. The van der Waals surface area contributed by atoms with Crippen molar-refractivity contribution < 1.29 is 0 Å². The highest BCUT2D eigenvalue weighted by atomic mass is 15.1. The number of benzene rings is 13. The summed E-state index contributed by atoms with van der Waals surface area (Å²) in [6.07, 6.45) is 0. The molecule has 0 saturated carbocycles. The van der Waals surface area contributed by atoms with E-state index in [0.717, 1.165) is 45.0 Å². The van der Waals surface area contributed by atoms with E-state index in [1.807, 2.05) is 0 Å². The Balaban J connectivity index is 0.919. The molecule has 2 heteroatoms. The van der Waals surface area contributed by atoms with Gasteiger partial charge < -0.3 is 9.47 Å². The van der Waals surface area contributed by atoms with Crippen molar-refractivity contribution in [2.45, 2.75) is 5.41 Å². The summed E-state index contributed by atoms with van der Waals surface area (Å²) in [5, 5.41) is 4.91. The van der Waals surface area contributed by atoms with Gasteiger partial charge in [0.2, 0.25) is 0 Å². The normalized spacial score (nSPS) is 12.4. The molecule has 13 aromatic carbocycles. The van der Waals surface area contributed by atoms with E-state index in [0.29, 0.717) is 0 Å². The number of hydrogen-bond acceptors (Lipinski definition) is 1. The highest BCUT2D eigenvalue weighted by Gasteiger charge is 2.46. The van der Waals surface area contributed by atoms with Crippen LogP contribution in [0.25, 0.3) is 93.9 Å². The predicted molar refractivity (Wildman–Crippen MR) is 332 cm³/mol. The van der Waals surface area contributed by atoms with Gasteiger partial charge in [0.15, 0.2) is 0 Å². The zero-order valence-electron chi connectivity index (χ0n) is 43.4. The molecule has 1 heterocycles. The van der Waals surface area contributed by atoms with Gasteiger partial charge in [-0.05, 0) is 138 Å². The van der Waals surface area contributed by atoms with Gasteiger partial charge in [-0.1, -0.05) is 261 Å². The molecular formula is C77H52N2. The molecule has 0 amide bonds. The second kappa shape index (κ2) is 19.1. The van der Waals surface area contributed by atoms with Gasteiger partial charge in [0.25, 0.3) is 0 Å². The summed E-state index contributed by atoms with van der Waals surface area (Å²) in [4.78, 5) is 2.46. The van der Waals surface area contributed by atoms with Crippen molar-refractivity contribution in [3.8, 4) is 61.3 Å². The number of fused-ring (bicyclic) bond motifs is 7. The quantitative estimate of drug-likeness (QED) is 0.133. The molecule has 1 aliphatic carbocycles. The van der Waals surface area contributed by atoms with Gasteiger partial charge >= 0.3 is 0 Å². The molecule has 1 aromatic heterocycles. The van der Waals surface area contributed by atoms with Crippen LogP contribution in [-0.4, -0.2) is 4.57 Å². The first-order valence-corrected chi connectivity index (χ1v) is 27.3. The minimum absolute atomic E-state index is 0.486. The fraction of sp³-hybridized carbons (Fsp3) is 0.0130. The van der Waals surface area contributed by atoms with Crippen molar-refractivity contribution in [1.82, 2.24) is 4.57 Å². The van der Waals surface area contributed by atoms with E-state index in [4.69, 9.17) is 0 Å². The number of hydrogen-bond donors (Lipinski definition) is 0. The van der Waals surface area contributed by atoms with Gasteiger partial charge in [0, 0.05) is 33.4 Å². The number of rotatable bonds is 10. The Morgan fingerprint density at radius 1 is 0.291 bits per heavy atom. The van der Waals surface area contributed by atoms with Gasteiger partial charge in [-0.15, -0.1) is 0 Å². The Hall–Kier alpha value is -10.3. The summed E-state index contributed by atoms with van der Waals surface area (Å²) in [6, 6.07) is 116. The minimum Gasteiger partial charge on any atom is -0.310 e. The van der Waals surface area contributed by atoms with Gasteiger partial charge in [-0.25, -0.2) is 0 Å². The lowest BCUT2D eigenvalue weighted by Crippen LogP contribution is -2.28. The summed E-state index contributed by atoms with van der Waals surface area (Å²) in [5.74, 6) is 0. The summed E-state index contributed by atoms with van der Waals surface area (Å²) in [6.45, 7) is 0. The molecule has 0 radical (unpaired) electrons. The highest BCUT2D eigenvalue weighted by molar-refractivity contribution is 6.11. The monoisotopic (exact) mass is 1000 g/mol. The molecule has 0 spiro atoms. The van der Waals surface area contributed by atoms with Gasteiger partial charge in [-0.3, -0.25) is 0 Å². The van der Waals surface area contributed by atoms with Crippen LogP contribution in [0.1, 0.15) is 22.3 Å². The van der Waals surface area contributed by atoms with Crippen molar-refractivity contribution >= 4 is 49.6 Å². The molecule has 14 aromatic rings. The van der Waals surface area contributed by atoms with E-state index < -0.39 is 5.41 Å². The number of aromatic nitrogens is 1. The molecule has 0 N–H and O–H groups in total. The maximum absolute atomic E-state index is 2.46. The average molecular weight is 1010 g/mol. The Morgan fingerprint density at radius 3 is 1.57 bits per heavy atom. The van der Waals surface area contributed by atoms with Crippen molar-refractivity contribution in [2.24, 2.45) is 0 Å². The van der Waals surface area contributed by atoms with Crippen LogP contribution < -0.4 is 4.90 Å². The maximum Gasteiger partial charge on any atom is 0.0713 e. The van der Waals surface area contributed by atoms with E-state index in [1.54, 1.807) is 0 Å². The first-order valence-electron chi connectivity index (χ1n) is 27.3. The molecule has 370 valence electrons. The number of nitrogens with zero attached hydrogens (tertiary/aromatic N) is 2. The van der Waals surface area contributed by atoms with E-state index in [-0.39, 0.29) is 0 Å². The molecular weight excluding hydrogens is 953 g/mol. The fourth-order valence-corrected chi connectivity index (χ4v) is 13.1. The van der Waals surface area contributed by atoms with E-state index in [1.165, 1.54) is 88.2 Å². The van der Waals surface area contributed by atoms with Crippen LogP contribution in [0, 0.1) is 0 Å². The SMILES string of the molecule is c1ccc(-c2cccc3cccc(-c4ccccc4N(c4ccc(-c5cccc6c5-c5ccccc5C6(c5ccccc5)c5ccccc5)cc4)c4cccc(-c5ccc6c7ccccc7n(-c7ccccc7)c6c5)c4)c23)cc1. The summed E-state index contributed by atoms with van der Waals surface area (Å²) in [5.41, 5.74) is 23.3. The molecule has 79 heavy (non-hydrogen) atoms. The van der Waals surface area contributed by atoms with Gasteiger partial charge in [-0.2, -0.15) is 0 Å². The molecule has 2 nitrogen and oxygen atoms in total. The smallest absolute Gasteiger partial charge is 0.0713 e. The molecule has 0 aliphatic heterocycles. The Morgan fingerprint density at radius 2 is 0.810 bits per heavy atom. The summed E-state index contributed by atoms with van der Waals surface area (Å²) in [7, 11) is 0. The summed E-state index contributed by atoms with van der Waals surface area (Å²) >= 11 is 0. The lowest BCUT2D eigenvalue weighted by molar-refractivity contribution is 0.768. The number of para-hydroxylation sites is 3. The topological polar surface area (TPSA) is 8.17 Å². The van der Waals surface area contributed by atoms with Crippen molar-refractivity contribution in [3.63, 3.8) is 0 Å². The van der Waals surface area contributed by atoms with Crippen LogP contribution in [0.2, 0.25) is 0 Å². The lowest BCUT2D eigenvalue weighted by Gasteiger charge is -2.34. The van der Waals surface area contributed by atoms with Crippen LogP contribution in [-0.2, 0) is 5.41 Å². The largest absolute Gasteiger partial charge is 0.310 e. The van der Waals surface area contributed by atoms with Crippen LogP contribution in [0.15, 0.2) is 315 Å². The highest BCUT2D eigenvalue weighted by Crippen LogP contribution is 2.58. The third-order valence-electron chi connectivity index (χ3n) is 16.5. The van der Waals surface area contributed by atoms with Crippen LogP contribution in [0.3, 0.4) is 0 Å². The lowest BCUT2D eigenvalue weighted by atomic mass is 9.67. The molecule has 0 saturated heterocycles. The second-order valence-electron chi connectivity index (χ2n) is 20.7. The van der Waals surface area contributed by atoms with E-state index >= 15 is 0 Å². The summed E-state index contributed by atoms with van der Waals surface area (Å²) < 4.78 is 2.40. The zero-order chi connectivity index (χ0) is 52.3. The maximum atomic E-state index is 2.46. The number of anilines is 3. The molecule has 0 fully saturated rings. The molecule has 0 atom stereocenters. The van der Waals surface area contributed by atoms with Crippen molar-refractivity contribution in [2.75, 3.05) is 4.90 Å². The molecule has 1 aliphatic rings. The average Bonchev–Trinajstić information content (AvgIpc) is 4.11. The minimum atomic E-state index is -0.486. The van der Waals surface area contributed by atoms with Crippen molar-refractivity contribution in [1.29, 1.82) is 0 Å². The standard InChI is InChI=1S/C77H52N2/c1-5-23-53(24-6-1)63-38-20-25-55-26-21-40-68(75(55)63)66-36-15-17-43-72(66)78(62-34-19-27-56(51-62)57-47-50-67-65-35-14-18-44-73(65)79(74(67)52-57)60-32-11-4-12-33-60)61-48-45-54(46-49-61)64-39-22-42-71-76(64)69-37-13-16-41-70(69)77(71,58-28-7-2-8-29-58)59-30-9-3-10-31-59/h1-52H. The zero-order valence-corrected chi connectivity index (χ0v) is 43.4. The Kier molecular flexibility index (Phi) is 11.1. The first kappa shape index (κ1) is 46.1. The third kappa shape index (κ3) is 7.48.